The van der Waals surface area contributed by atoms with Crippen molar-refractivity contribution in [2.45, 2.75) is 5.41 Å². The van der Waals surface area contributed by atoms with Gasteiger partial charge in [-0.15, -0.1) is 0 Å². The van der Waals surface area contributed by atoms with Crippen LogP contribution in [0.3, 0.4) is 0 Å². The van der Waals surface area contributed by atoms with Crippen molar-refractivity contribution in [3.63, 3.8) is 0 Å². The first kappa shape index (κ1) is 33.0. The third-order valence-electron chi connectivity index (χ3n) is 11.8. The Morgan fingerprint density at radius 3 is 1.37 bits per heavy atom. The van der Waals surface area contributed by atoms with Crippen LogP contribution in [-0.2, 0) is 5.41 Å². The molecule has 1 heterocycles. The van der Waals surface area contributed by atoms with Crippen molar-refractivity contribution in [2.24, 2.45) is 0 Å². The highest BCUT2D eigenvalue weighted by Crippen LogP contribution is 2.64. The summed E-state index contributed by atoms with van der Waals surface area (Å²) in [6.07, 6.45) is 0. The Morgan fingerprint density at radius 2 is 0.737 bits per heavy atom. The van der Waals surface area contributed by atoms with Gasteiger partial charge in [0.05, 0.1) is 16.8 Å². The predicted molar refractivity (Wildman–Crippen MR) is 235 cm³/mol. The minimum Gasteiger partial charge on any atom is -0.457 e. The second-order valence-electron chi connectivity index (χ2n) is 14.8. The summed E-state index contributed by atoms with van der Waals surface area (Å²) < 4.78 is 6.65. The second kappa shape index (κ2) is 13.4. The fourth-order valence-electron chi connectivity index (χ4n) is 9.40. The molecule has 0 saturated carbocycles. The molecule has 11 rings (SSSR count). The molecule has 57 heavy (non-hydrogen) atoms. The van der Waals surface area contributed by atoms with Gasteiger partial charge in [0.2, 0.25) is 0 Å². The van der Waals surface area contributed by atoms with E-state index in [1.807, 2.05) is 0 Å². The van der Waals surface area contributed by atoms with Crippen molar-refractivity contribution in [3.8, 4) is 56.0 Å². The summed E-state index contributed by atoms with van der Waals surface area (Å²) >= 11 is 0. The van der Waals surface area contributed by atoms with E-state index >= 15 is 0 Å². The molecule has 0 N–H and O–H groups in total. The van der Waals surface area contributed by atoms with Crippen LogP contribution in [0.1, 0.15) is 22.3 Å². The molecule has 0 saturated heterocycles. The number of ether oxygens (including phenoxy) is 1. The van der Waals surface area contributed by atoms with Gasteiger partial charge in [0, 0.05) is 27.9 Å². The van der Waals surface area contributed by atoms with Crippen molar-refractivity contribution in [3.05, 3.63) is 247 Å². The van der Waals surface area contributed by atoms with E-state index in [4.69, 9.17) is 4.74 Å². The Hall–Kier alpha value is -7.42. The number of benzene rings is 9. The molecular weight excluding hydrogens is 691 g/mol. The Balaban J connectivity index is 1.17. The number of rotatable bonds is 6. The number of hydrogen-bond acceptors (Lipinski definition) is 2. The van der Waals surface area contributed by atoms with Gasteiger partial charge in [-0.3, -0.25) is 0 Å². The van der Waals surface area contributed by atoms with E-state index in [1.54, 1.807) is 0 Å². The largest absolute Gasteiger partial charge is 0.457 e. The van der Waals surface area contributed by atoms with Gasteiger partial charge in [0.15, 0.2) is 0 Å². The molecule has 0 bridgehead atoms. The lowest BCUT2D eigenvalue weighted by Gasteiger charge is -2.39. The quantitative estimate of drug-likeness (QED) is 0.169. The van der Waals surface area contributed by atoms with Crippen LogP contribution in [0.25, 0.3) is 44.5 Å². The lowest BCUT2D eigenvalue weighted by molar-refractivity contribution is 0.436. The average Bonchev–Trinajstić information content (AvgIpc) is 3.59. The van der Waals surface area contributed by atoms with Crippen LogP contribution in [-0.4, -0.2) is 0 Å². The summed E-state index contributed by atoms with van der Waals surface area (Å²) in [5.74, 6) is 1.78. The Bertz CT molecular complexity index is 2890. The van der Waals surface area contributed by atoms with Crippen LogP contribution in [0.5, 0.6) is 11.5 Å². The molecule has 0 radical (unpaired) electrons. The minimum absolute atomic E-state index is 0.566. The molecule has 0 amide bonds. The van der Waals surface area contributed by atoms with Crippen LogP contribution in [0.4, 0.5) is 17.1 Å². The van der Waals surface area contributed by atoms with Crippen LogP contribution in [0.15, 0.2) is 224 Å². The summed E-state index contributed by atoms with van der Waals surface area (Å²) in [6.45, 7) is 0. The van der Waals surface area contributed by atoms with E-state index in [1.165, 1.54) is 50.1 Å². The maximum atomic E-state index is 6.65. The SMILES string of the molecule is c1ccc(-c2ccccc2-c2ccc(N(c3ccccc3-c3ccccc3)c3cccc4c3-c3ccccc3C43c4ccccc4Oc4ccccc43)cc2)cc1. The van der Waals surface area contributed by atoms with E-state index in [0.29, 0.717) is 0 Å². The van der Waals surface area contributed by atoms with Crippen LogP contribution < -0.4 is 9.64 Å². The van der Waals surface area contributed by atoms with E-state index in [2.05, 4.69) is 229 Å². The maximum Gasteiger partial charge on any atom is 0.132 e. The highest BCUT2D eigenvalue weighted by Gasteiger charge is 2.51. The van der Waals surface area contributed by atoms with E-state index in [0.717, 1.165) is 45.3 Å². The first-order valence-corrected chi connectivity index (χ1v) is 19.6. The van der Waals surface area contributed by atoms with Gasteiger partial charge in [-0.2, -0.15) is 0 Å². The van der Waals surface area contributed by atoms with Gasteiger partial charge >= 0.3 is 0 Å². The summed E-state index contributed by atoms with van der Waals surface area (Å²) in [7, 11) is 0. The van der Waals surface area contributed by atoms with Crippen molar-refractivity contribution < 1.29 is 4.74 Å². The summed E-state index contributed by atoms with van der Waals surface area (Å²) in [6, 6.07) is 81.0. The Labute approximate surface area is 333 Å². The van der Waals surface area contributed by atoms with Gasteiger partial charge in [0.25, 0.3) is 0 Å². The predicted octanol–water partition coefficient (Wildman–Crippen LogP) is 14.6. The molecular formula is C55H37NO. The molecule has 2 aliphatic rings. The van der Waals surface area contributed by atoms with E-state index in [-0.39, 0.29) is 0 Å². The third-order valence-corrected chi connectivity index (χ3v) is 11.8. The topological polar surface area (TPSA) is 12.5 Å². The van der Waals surface area contributed by atoms with E-state index < -0.39 is 5.41 Å². The van der Waals surface area contributed by atoms with Crippen molar-refractivity contribution in [2.75, 3.05) is 4.90 Å². The molecule has 9 aromatic carbocycles. The van der Waals surface area contributed by atoms with Gasteiger partial charge in [-0.1, -0.05) is 188 Å². The molecule has 0 atom stereocenters. The number of anilines is 3. The highest BCUT2D eigenvalue weighted by molar-refractivity contribution is 6.00. The van der Waals surface area contributed by atoms with Crippen molar-refractivity contribution >= 4 is 17.1 Å². The fourth-order valence-corrected chi connectivity index (χ4v) is 9.40. The van der Waals surface area contributed by atoms with Gasteiger partial charge in [-0.25, -0.2) is 0 Å². The molecule has 1 aliphatic carbocycles. The monoisotopic (exact) mass is 727 g/mol. The molecule has 1 spiro atoms. The zero-order valence-corrected chi connectivity index (χ0v) is 31.2. The molecule has 1 aliphatic heterocycles. The van der Waals surface area contributed by atoms with E-state index in [9.17, 15) is 0 Å². The third kappa shape index (κ3) is 5.11. The minimum atomic E-state index is -0.566. The molecule has 2 nitrogen and oxygen atoms in total. The number of para-hydroxylation sites is 3. The normalized spacial score (nSPS) is 12.8. The number of fused-ring (bicyclic) bond motifs is 9. The van der Waals surface area contributed by atoms with Gasteiger partial charge in [-0.05, 0) is 80.9 Å². The van der Waals surface area contributed by atoms with Crippen molar-refractivity contribution in [1.29, 1.82) is 0 Å². The fraction of sp³-hybridized carbons (Fsp3) is 0.0182. The lowest BCUT2D eigenvalue weighted by Crippen LogP contribution is -2.32. The molecule has 268 valence electrons. The summed E-state index contributed by atoms with van der Waals surface area (Å²) in [5.41, 5.74) is 17.2. The molecule has 0 unspecified atom stereocenters. The highest BCUT2D eigenvalue weighted by atomic mass is 16.5. The number of nitrogens with zero attached hydrogens (tertiary/aromatic N) is 1. The molecule has 0 fully saturated rings. The van der Waals surface area contributed by atoms with Gasteiger partial charge < -0.3 is 9.64 Å². The van der Waals surface area contributed by atoms with Crippen LogP contribution >= 0.6 is 0 Å². The average molecular weight is 728 g/mol. The zero-order valence-electron chi connectivity index (χ0n) is 31.2. The smallest absolute Gasteiger partial charge is 0.132 e. The lowest BCUT2D eigenvalue weighted by atomic mass is 9.66. The number of hydrogen-bond donors (Lipinski definition) is 0. The summed E-state index contributed by atoms with van der Waals surface area (Å²) in [4.78, 5) is 2.47. The molecule has 0 aromatic heterocycles. The van der Waals surface area contributed by atoms with Crippen molar-refractivity contribution in [1.82, 2.24) is 0 Å². The molecule has 9 aromatic rings. The van der Waals surface area contributed by atoms with Gasteiger partial charge in [0.1, 0.15) is 11.5 Å². The first-order valence-electron chi connectivity index (χ1n) is 19.6. The molecule has 2 heteroatoms. The standard InChI is InChI=1S/C55H37NO/c1-3-18-38(19-4-1)42-22-7-8-23-43(42)40-34-36-41(37-35-40)56(50-30-14-10-24-44(50)39-20-5-2-6-21-39)51-31-17-29-49-54(51)45-25-9-11-26-46(45)55(49)47-27-12-15-32-52(47)57-53-33-16-13-28-48(53)55/h1-37H. The van der Waals surface area contributed by atoms with Crippen LogP contribution in [0, 0.1) is 0 Å². The maximum absolute atomic E-state index is 6.65. The second-order valence-corrected chi connectivity index (χ2v) is 14.8. The Kier molecular flexibility index (Phi) is 7.75. The summed E-state index contributed by atoms with van der Waals surface area (Å²) in [5, 5.41) is 0. The first-order chi connectivity index (χ1) is 28.3. The zero-order chi connectivity index (χ0) is 37.8. The Morgan fingerprint density at radius 1 is 0.298 bits per heavy atom. The van der Waals surface area contributed by atoms with Crippen LogP contribution in [0.2, 0.25) is 0 Å².